The van der Waals surface area contributed by atoms with Crippen LogP contribution >= 0.6 is 23.2 Å². The molecule has 0 unspecified atom stereocenters. The van der Waals surface area contributed by atoms with E-state index in [-0.39, 0.29) is 27.6 Å². The number of amides is 1. The molecular weight excluding hydrogens is 281 g/mol. The van der Waals surface area contributed by atoms with Gasteiger partial charge in [0.25, 0.3) is 0 Å². The molecule has 1 amide bonds. The Morgan fingerprint density at radius 2 is 1.95 bits per heavy atom. The molecular formula is C15H17Cl2NO. The van der Waals surface area contributed by atoms with E-state index in [4.69, 9.17) is 23.2 Å². The van der Waals surface area contributed by atoms with Crippen LogP contribution in [-0.2, 0) is 11.3 Å². The Morgan fingerprint density at radius 3 is 2.53 bits per heavy atom. The molecule has 0 aliphatic heterocycles. The van der Waals surface area contributed by atoms with E-state index in [2.05, 4.69) is 19.2 Å². The number of benzene rings is 1. The lowest BCUT2D eigenvalue weighted by Crippen LogP contribution is -2.26. The highest BCUT2D eigenvalue weighted by molar-refractivity contribution is 6.55. The quantitative estimate of drug-likeness (QED) is 0.897. The second-order valence-corrected chi connectivity index (χ2v) is 6.49. The molecule has 1 saturated carbocycles. The van der Waals surface area contributed by atoms with Gasteiger partial charge in [-0.3, -0.25) is 4.79 Å². The maximum absolute atomic E-state index is 12.2. The molecule has 1 aromatic carbocycles. The highest BCUT2D eigenvalue weighted by Crippen LogP contribution is 2.59. The smallest absolute Gasteiger partial charge is 0.224 e. The molecule has 0 spiro atoms. The summed E-state index contributed by atoms with van der Waals surface area (Å²) in [6.45, 7) is 4.66. The van der Waals surface area contributed by atoms with Crippen molar-refractivity contribution in [2.75, 3.05) is 0 Å². The van der Waals surface area contributed by atoms with Gasteiger partial charge in [-0.2, -0.15) is 0 Å². The van der Waals surface area contributed by atoms with Gasteiger partial charge in [0, 0.05) is 6.54 Å². The molecule has 2 nitrogen and oxygen atoms in total. The highest BCUT2D eigenvalue weighted by Gasteiger charge is 2.60. The highest BCUT2D eigenvalue weighted by atomic mass is 35.5. The van der Waals surface area contributed by atoms with Crippen LogP contribution in [0.1, 0.15) is 19.4 Å². The van der Waals surface area contributed by atoms with Crippen LogP contribution in [0.2, 0.25) is 0 Å². The van der Waals surface area contributed by atoms with E-state index in [1.165, 1.54) is 0 Å². The van der Waals surface area contributed by atoms with E-state index >= 15 is 0 Å². The van der Waals surface area contributed by atoms with E-state index in [9.17, 15) is 4.79 Å². The predicted molar refractivity (Wildman–Crippen MR) is 78.8 cm³/mol. The molecule has 2 atom stereocenters. The third kappa shape index (κ3) is 3.31. The fourth-order valence-electron chi connectivity index (χ4n) is 2.52. The maximum Gasteiger partial charge on any atom is 0.224 e. The van der Waals surface area contributed by atoms with Gasteiger partial charge in [0.1, 0.15) is 4.49 Å². The van der Waals surface area contributed by atoms with Gasteiger partial charge in [-0.25, -0.2) is 0 Å². The Balaban J connectivity index is 1.93. The van der Waals surface area contributed by atoms with Crippen molar-refractivity contribution in [2.24, 2.45) is 17.3 Å². The van der Waals surface area contributed by atoms with Crippen molar-refractivity contribution in [3.8, 4) is 0 Å². The number of rotatable bonds is 4. The zero-order chi connectivity index (χ0) is 14.0. The van der Waals surface area contributed by atoms with Crippen molar-refractivity contribution in [1.82, 2.24) is 5.32 Å². The average Bonchev–Trinajstić information content (AvgIpc) is 2.88. The van der Waals surface area contributed by atoms with Gasteiger partial charge in [-0.15, -0.1) is 0 Å². The maximum atomic E-state index is 12.2. The summed E-state index contributed by atoms with van der Waals surface area (Å²) < 4.78 is 0.233. The summed E-state index contributed by atoms with van der Waals surface area (Å²) in [7, 11) is 0. The Labute approximate surface area is 123 Å². The topological polar surface area (TPSA) is 29.1 Å². The van der Waals surface area contributed by atoms with Gasteiger partial charge >= 0.3 is 0 Å². The van der Waals surface area contributed by atoms with Gasteiger partial charge in [0.15, 0.2) is 0 Å². The van der Waals surface area contributed by atoms with E-state index in [0.29, 0.717) is 6.54 Å². The Hall–Kier alpha value is -0.990. The summed E-state index contributed by atoms with van der Waals surface area (Å²) in [4.78, 5) is 12.2. The molecule has 2 rings (SSSR count). The van der Waals surface area contributed by atoms with Crippen molar-refractivity contribution in [3.05, 3.63) is 46.5 Å². The van der Waals surface area contributed by atoms with Crippen LogP contribution in [0.15, 0.2) is 40.9 Å². The molecule has 1 fully saturated rings. The van der Waals surface area contributed by atoms with Gasteiger partial charge in [-0.05, 0) is 23.0 Å². The second-order valence-electron chi connectivity index (χ2n) is 5.48. The Kier molecular flexibility index (Phi) is 4.22. The minimum Gasteiger partial charge on any atom is -0.352 e. The van der Waals surface area contributed by atoms with Crippen molar-refractivity contribution >= 4 is 29.1 Å². The normalized spacial score (nSPS) is 23.6. The number of carbonyl (C=O) groups excluding carboxylic acids is 1. The number of hydrogen-bond acceptors (Lipinski definition) is 1. The number of nitrogens with one attached hydrogen (secondary N) is 1. The molecule has 19 heavy (non-hydrogen) atoms. The first-order valence-corrected chi connectivity index (χ1v) is 7.03. The molecule has 1 aromatic rings. The molecule has 0 radical (unpaired) electrons. The van der Waals surface area contributed by atoms with Crippen molar-refractivity contribution in [2.45, 2.75) is 20.4 Å². The predicted octanol–water partition coefficient (Wildman–Crippen LogP) is 3.89. The standard InChI is InChI=1S/C15H17Cl2NO/c1-15(2)11(8-12(16)17)13(15)14(19)18-9-10-6-4-3-5-7-10/h3-8,11,13H,9H2,1-2H3,(H,18,19)/t11-,13-/m1/s1. The SMILES string of the molecule is CC1(C)[C@H](C=C(Cl)Cl)[C@@H]1C(=O)NCc1ccccc1. The van der Waals surface area contributed by atoms with E-state index in [1.54, 1.807) is 6.08 Å². The third-order valence-electron chi connectivity index (χ3n) is 3.81. The molecule has 1 aliphatic carbocycles. The minimum atomic E-state index is -0.0736. The average molecular weight is 298 g/mol. The van der Waals surface area contributed by atoms with Crippen LogP contribution in [0.25, 0.3) is 0 Å². The summed E-state index contributed by atoms with van der Waals surface area (Å²) in [6, 6.07) is 9.86. The first kappa shape index (κ1) is 14.4. The van der Waals surface area contributed by atoms with Gasteiger partial charge < -0.3 is 5.32 Å². The fourth-order valence-corrected chi connectivity index (χ4v) is 2.79. The number of hydrogen-bond donors (Lipinski definition) is 1. The van der Waals surface area contributed by atoms with E-state index < -0.39 is 0 Å². The van der Waals surface area contributed by atoms with Crippen molar-refractivity contribution < 1.29 is 4.79 Å². The van der Waals surface area contributed by atoms with Gasteiger partial charge in [0.05, 0.1) is 5.92 Å². The zero-order valence-electron chi connectivity index (χ0n) is 11.0. The molecule has 102 valence electrons. The van der Waals surface area contributed by atoms with Crippen LogP contribution < -0.4 is 5.32 Å². The molecule has 4 heteroatoms. The van der Waals surface area contributed by atoms with Crippen LogP contribution in [-0.4, -0.2) is 5.91 Å². The monoisotopic (exact) mass is 297 g/mol. The lowest BCUT2D eigenvalue weighted by Gasteiger charge is -2.06. The molecule has 1 aliphatic rings. The molecule has 1 N–H and O–H groups in total. The molecule has 0 bridgehead atoms. The number of halogens is 2. The first-order chi connectivity index (χ1) is 8.93. The van der Waals surface area contributed by atoms with Crippen LogP contribution in [0.5, 0.6) is 0 Å². The zero-order valence-corrected chi connectivity index (χ0v) is 12.5. The van der Waals surface area contributed by atoms with E-state index in [0.717, 1.165) is 5.56 Å². The van der Waals surface area contributed by atoms with E-state index in [1.807, 2.05) is 30.3 Å². The van der Waals surface area contributed by atoms with Crippen molar-refractivity contribution in [3.63, 3.8) is 0 Å². The largest absolute Gasteiger partial charge is 0.352 e. The Morgan fingerprint density at radius 1 is 1.32 bits per heavy atom. The summed E-state index contributed by atoms with van der Waals surface area (Å²) >= 11 is 11.4. The third-order valence-corrected chi connectivity index (χ3v) is 4.06. The van der Waals surface area contributed by atoms with Crippen LogP contribution in [0.3, 0.4) is 0 Å². The summed E-state index contributed by atoms with van der Waals surface area (Å²) in [6.07, 6.45) is 1.76. The fraction of sp³-hybridized carbons (Fsp3) is 0.400. The number of allylic oxidation sites excluding steroid dienone is 1. The summed E-state index contributed by atoms with van der Waals surface area (Å²) in [5, 5.41) is 2.97. The minimum absolute atomic E-state index is 0.0521. The van der Waals surface area contributed by atoms with Crippen LogP contribution in [0.4, 0.5) is 0 Å². The summed E-state index contributed by atoms with van der Waals surface area (Å²) in [5.74, 6) is 0.127. The lowest BCUT2D eigenvalue weighted by atomic mass is 10.1. The first-order valence-electron chi connectivity index (χ1n) is 6.27. The molecule has 0 aromatic heterocycles. The number of carbonyl (C=O) groups is 1. The lowest BCUT2D eigenvalue weighted by molar-refractivity contribution is -0.123. The Bertz CT molecular complexity index is 492. The molecule has 0 saturated heterocycles. The van der Waals surface area contributed by atoms with Crippen molar-refractivity contribution in [1.29, 1.82) is 0 Å². The molecule has 0 heterocycles. The van der Waals surface area contributed by atoms with Gasteiger partial charge in [-0.1, -0.05) is 67.4 Å². The second kappa shape index (κ2) is 5.56. The summed E-state index contributed by atoms with van der Waals surface area (Å²) in [5.41, 5.74) is 1.02. The van der Waals surface area contributed by atoms with Gasteiger partial charge in [0.2, 0.25) is 5.91 Å². The van der Waals surface area contributed by atoms with Crippen LogP contribution in [0, 0.1) is 17.3 Å².